The summed E-state index contributed by atoms with van der Waals surface area (Å²) in [7, 11) is 0. The van der Waals surface area contributed by atoms with Gasteiger partial charge in [0, 0.05) is 33.9 Å². The van der Waals surface area contributed by atoms with Gasteiger partial charge in [0.05, 0.1) is 0 Å². The molecule has 2 atom stereocenters. The van der Waals surface area contributed by atoms with Crippen LogP contribution >= 0.6 is 22.6 Å². The molecule has 2 unspecified atom stereocenters. The number of nitrogens with zero attached hydrogens (tertiary/aromatic N) is 1. The number of hydrogen-bond donors (Lipinski definition) is 1. The Kier molecular flexibility index (Phi) is 4.54. The number of benzene rings is 1. The number of halogens is 1. The summed E-state index contributed by atoms with van der Waals surface area (Å²) in [5.41, 5.74) is 1.61. The molecule has 0 radical (unpaired) electrons. The first-order valence-electron chi connectivity index (χ1n) is 6.85. The molecule has 1 aromatic rings. The molecule has 2 rings (SSSR count). The Morgan fingerprint density at radius 3 is 2.83 bits per heavy atom. The van der Waals surface area contributed by atoms with Crippen LogP contribution in [0.1, 0.15) is 33.6 Å². The molecule has 1 aromatic carbocycles. The number of anilines is 1. The van der Waals surface area contributed by atoms with Crippen molar-refractivity contribution in [3.05, 3.63) is 27.8 Å². The van der Waals surface area contributed by atoms with Crippen LogP contribution in [0.5, 0.6) is 0 Å². The first-order valence-corrected chi connectivity index (χ1v) is 7.93. The van der Waals surface area contributed by atoms with Crippen molar-refractivity contribution in [1.29, 1.82) is 0 Å². The van der Waals surface area contributed by atoms with E-state index >= 15 is 0 Å². The van der Waals surface area contributed by atoms with Crippen LogP contribution in [0, 0.1) is 3.57 Å². The number of rotatable bonds is 3. The summed E-state index contributed by atoms with van der Waals surface area (Å²) in [5.74, 6) is 0. The summed E-state index contributed by atoms with van der Waals surface area (Å²) in [6.07, 6.45) is 2.36. The van der Waals surface area contributed by atoms with Crippen LogP contribution in [0.4, 0.5) is 5.69 Å². The van der Waals surface area contributed by atoms with Gasteiger partial charge in [-0.2, -0.15) is 0 Å². The van der Waals surface area contributed by atoms with Crippen LogP contribution in [0.15, 0.2) is 24.3 Å². The third kappa shape index (κ3) is 2.99. The van der Waals surface area contributed by atoms with Gasteiger partial charge in [0.2, 0.25) is 0 Å². The molecule has 1 N–H and O–H groups in total. The Morgan fingerprint density at radius 2 is 2.22 bits per heavy atom. The number of hydrogen-bond acceptors (Lipinski definition) is 2. The lowest BCUT2D eigenvalue weighted by molar-refractivity contribution is 0.276. The van der Waals surface area contributed by atoms with Gasteiger partial charge in [0.1, 0.15) is 0 Å². The van der Waals surface area contributed by atoms with Crippen molar-refractivity contribution in [3.63, 3.8) is 0 Å². The Morgan fingerprint density at radius 1 is 1.44 bits per heavy atom. The van der Waals surface area contributed by atoms with Crippen LogP contribution in [0.3, 0.4) is 0 Å². The fourth-order valence-corrected chi connectivity index (χ4v) is 3.12. The molecule has 18 heavy (non-hydrogen) atoms. The molecular weight excluding hydrogens is 335 g/mol. The second-order valence-corrected chi connectivity index (χ2v) is 6.71. The van der Waals surface area contributed by atoms with Gasteiger partial charge in [-0.3, -0.25) is 0 Å². The van der Waals surface area contributed by atoms with Gasteiger partial charge in [-0.05, 0) is 60.6 Å². The topological polar surface area (TPSA) is 15.3 Å². The molecule has 2 nitrogen and oxygen atoms in total. The molecule has 0 bridgehead atoms. The largest absolute Gasteiger partial charge is 0.365 e. The molecule has 1 saturated heterocycles. The molecule has 0 spiro atoms. The van der Waals surface area contributed by atoms with E-state index in [4.69, 9.17) is 0 Å². The maximum absolute atomic E-state index is 3.72. The van der Waals surface area contributed by atoms with E-state index in [2.05, 4.69) is 77.8 Å². The van der Waals surface area contributed by atoms with E-state index in [1.165, 1.54) is 22.1 Å². The van der Waals surface area contributed by atoms with E-state index < -0.39 is 0 Å². The fraction of sp³-hybridized carbons (Fsp3) is 0.600. The SMILES string of the molecule is CCC1CNC(C)(CC)CN1c1cccc(I)c1. The lowest BCUT2D eigenvalue weighted by Gasteiger charge is -2.47. The average molecular weight is 358 g/mol. The second kappa shape index (κ2) is 5.78. The van der Waals surface area contributed by atoms with Gasteiger partial charge in [-0.25, -0.2) is 0 Å². The summed E-state index contributed by atoms with van der Waals surface area (Å²) >= 11 is 2.40. The lowest BCUT2D eigenvalue weighted by atomic mass is 9.92. The molecule has 1 fully saturated rings. The number of piperazine rings is 1. The molecule has 0 amide bonds. The number of nitrogens with one attached hydrogen (secondary N) is 1. The second-order valence-electron chi connectivity index (χ2n) is 5.46. The van der Waals surface area contributed by atoms with Crippen molar-refractivity contribution < 1.29 is 0 Å². The van der Waals surface area contributed by atoms with Gasteiger partial charge < -0.3 is 10.2 Å². The zero-order chi connectivity index (χ0) is 13.2. The monoisotopic (exact) mass is 358 g/mol. The third-order valence-electron chi connectivity index (χ3n) is 4.12. The lowest BCUT2D eigenvalue weighted by Crippen LogP contribution is -2.62. The minimum Gasteiger partial charge on any atom is -0.365 e. The summed E-state index contributed by atoms with van der Waals surface area (Å²) in [6, 6.07) is 9.47. The maximum Gasteiger partial charge on any atom is 0.0412 e. The Balaban J connectivity index is 2.26. The molecule has 100 valence electrons. The summed E-state index contributed by atoms with van der Waals surface area (Å²) < 4.78 is 1.32. The van der Waals surface area contributed by atoms with Crippen molar-refractivity contribution in [3.8, 4) is 0 Å². The van der Waals surface area contributed by atoms with E-state index in [1.54, 1.807) is 0 Å². The van der Waals surface area contributed by atoms with E-state index in [-0.39, 0.29) is 5.54 Å². The van der Waals surface area contributed by atoms with Crippen molar-refractivity contribution in [2.75, 3.05) is 18.0 Å². The molecule has 1 aliphatic rings. The van der Waals surface area contributed by atoms with Crippen molar-refractivity contribution in [1.82, 2.24) is 5.32 Å². The smallest absolute Gasteiger partial charge is 0.0412 e. The van der Waals surface area contributed by atoms with E-state index in [0.29, 0.717) is 6.04 Å². The van der Waals surface area contributed by atoms with Gasteiger partial charge >= 0.3 is 0 Å². The van der Waals surface area contributed by atoms with Crippen LogP contribution < -0.4 is 10.2 Å². The Hall–Kier alpha value is -0.290. The quantitative estimate of drug-likeness (QED) is 0.830. The highest BCUT2D eigenvalue weighted by Gasteiger charge is 2.33. The zero-order valence-corrected chi connectivity index (χ0v) is 13.7. The normalized spacial score (nSPS) is 28.4. The van der Waals surface area contributed by atoms with Gasteiger partial charge in [-0.15, -0.1) is 0 Å². The maximum atomic E-state index is 3.72. The fourth-order valence-electron chi connectivity index (χ4n) is 2.59. The van der Waals surface area contributed by atoms with E-state index in [9.17, 15) is 0 Å². The van der Waals surface area contributed by atoms with Crippen LogP contribution in [0.25, 0.3) is 0 Å². The predicted octanol–water partition coefficient (Wildman–Crippen LogP) is 3.65. The van der Waals surface area contributed by atoms with Crippen molar-refractivity contribution >= 4 is 28.3 Å². The highest BCUT2D eigenvalue weighted by molar-refractivity contribution is 14.1. The van der Waals surface area contributed by atoms with Crippen molar-refractivity contribution in [2.24, 2.45) is 0 Å². The zero-order valence-electron chi connectivity index (χ0n) is 11.5. The predicted molar refractivity (Wildman–Crippen MR) is 87.3 cm³/mol. The molecule has 0 saturated carbocycles. The Bertz CT molecular complexity index is 407. The van der Waals surface area contributed by atoms with Gasteiger partial charge in [-0.1, -0.05) is 19.9 Å². The minimum absolute atomic E-state index is 0.243. The average Bonchev–Trinajstić information content (AvgIpc) is 2.39. The van der Waals surface area contributed by atoms with Gasteiger partial charge in [0.15, 0.2) is 0 Å². The molecule has 1 heterocycles. The third-order valence-corrected chi connectivity index (χ3v) is 4.79. The molecule has 1 aliphatic heterocycles. The Labute approximate surface area is 124 Å². The summed E-state index contributed by atoms with van der Waals surface area (Å²) in [6.45, 7) is 9.07. The summed E-state index contributed by atoms with van der Waals surface area (Å²) in [4.78, 5) is 2.59. The molecule has 3 heteroatoms. The van der Waals surface area contributed by atoms with Crippen LogP contribution in [-0.4, -0.2) is 24.7 Å². The van der Waals surface area contributed by atoms with Crippen molar-refractivity contribution in [2.45, 2.75) is 45.2 Å². The van der Waals surface area contributed by atoms with E-state index in [1.807, 2.05) is 0 Å². The van der Waals surface area contributed by atoms with Crippen LogP contribution in [0.2, 0.25) is 0 Å². The molecule has 0 aromatic heterocycles. The highest BCUT2D eigenvalue weighted by Crippen LogP contribution is 2.27. The summed E-state index contributed by atoms with van der Waals surface area (Å²) in [5, 5.41) is 3.72. The van der Waals surface area contributed by atoms with E-state index in [0.717, 1.165) is 13.1 Å². The standard InChI is InChI=1S/C15H23IN2/c1-4-13-10-17-15(3,5-2)11-18(13)14-8-6-7-12(16)9-14/h6-9,13,17H,4-5,10-11H2,1-3H3. The first kappa shape index (κ1) is 14.1. The first-order chi connectivity index (χ1) is 8.58. The molecular formula is C15H23IN2. The van der Waals surface area contributed by atoms with Crippen LogP contribution in [-0.2, 0) is 0 Å². The minimum atomic E-state index is 0.243. The van der Waals surface area contributed by atoms with Gasteiger partial charge in [0.25, 0.3) is 0 Å². The molecule has 0 aliphatic carbocycles. The highest BCUT2D eigenvalue weighted by atomic mass is 127.